The molecule has 190 valence electrons. The quantitative estimate of drug-likeness (QED) is 0.219. The van der Waals surface area contributed by atoms with Gasteiger partial charge in [-0.2, -0.15) is 0 Å². The molecule has 0 radical (unpaired) electrons. The van der Waals surface area contributed by atoms with Gasteiger partial charge in [-0.05, 0) is 64.7 Å². The van der Waals surface area contributed by atoms with E-state index in [0.717, 1.165) is 68.6 Å². The number of esters is 1. The van der Waals surface area contributed by atoms with Crippen LogP contribution >= 0.6 is 0 Å². The average Bonchev–Trinajstić information content (AvgIpc) is 3.31. The summed E-state index contributed by atoms with van der Waals surface area (Å²) in [5.41, 5.74) is 1.38. The van der Waals surface area contributed by atoms with Crippen LogP contribution in [0.2, 0.25) is 0 Å². The number of nitrogens with zero attached hydrogens (tertiary/aromatic N) is 2. The minimum absolute atomic E-state index is 0.0946. The fraction of sp³-hybridized carbons (Fsp3) is 0.741. The summed E-state index contributed by atoms with van der Waals surface area (Å²) in [4.78, 5) is 17.2. The maximum absolute atomic E-state index is 12.8. The number of oxazole rings is 1. The third-order valence-corrected chi connectivity index (χ3v) is 5.80. The molecule has 1 fully saturated rings. The molecule has 0 aliphatic heterocycles. The van der Waals surface area contributed by atoms with E-state index in [1.165, 1.54) is 0 Å². The van der Waals surface area contributed by atoms with Crippen LogP contribution in [0.25, 0.3) is 11.7 Å². The van der Waals surface area contributed by atoms with E-state index >= 15 is 0 Å². The highest BCUT2D eigenvalue weighted by molar-refractivity contribution is 5.71. The maximum Gasteiger partial charge on any atom is 0.306 e. The monoisotopic (exact) mass is 474 g/mol. The zero-order chi connectivity index (χ0) is 24.7. The number of unbranched alkanes of at least 4 members (excludes halogenated alkanes) is 1. The van der Waals surface area contributed by atoms with Crippen molar-refractivity contribution in [3.05, 3.63) is 23.2 Å². The van der Waals surface area contributed by atoms with Gasteiger partial charge in [0.1, 0.15) is 11.4 Å². The molecule has 0 aromatic carbocycles. The summed E-state index contributed by atoms with van der Waals surface area (Å²) in [5.74, 6) is 2.48. The van der Waals surface area contributed by atoms with Gasteiger partial charge in [-0.15, -0.1) is 0 Å². The molecule has 2 heterocycles. The second-order valence-electron chi connectivity index (χ2n) is 10.9. The Labute approximate surface area is 204 Å². The Bertz CT molecular complexity index is 905. The normalized spacial score (nSPS) is 15.1. The molecule has 2 aromatic heterocycles. The van der Waals surface area contributed by atoms with Crippen LogP contribution in [0.4, 0.5) is 0 Å². The van der Waals surface area contributed by atoms with Gasteiger partial charge in [0.15, 0.2) is 0 Å². The third-order valence-electron chi connectivity index (χ3n) is 5.80. The van der Waals surface area contributed by atoms with Crippen molar-refractivity contribution in [3.63, 3.8) is 0 Å². The fourth-order valence-corrected chi connectivity index (χ4v) is 4.13. The van der Waals surface area contributed by atoms with Crippen molar-refractivity contribution in [1.82, 2.24) is 10.1 Å². The van der Waals surface area contributed by atoms with Crippen LogP contribution in [0, 0.1) is 5.92 Å². The third kappa shape index (κ3) is 7.97. The molecule has 1 saturated carbocycles. The topological polar surface area (TPSA) is 87.6 Å². The van der Waals surface area contributed by atoms with Gasteiger partial charge < -0.3 is 18.4 Å². The van der Waals surface area contributed by atoms with Gasteiger partial charge in [0.2, 0.25) is 5.76 Å². The standard InChI is InChI=1S/C27H42N2O5/c1-7-8-13-31-14-9-10-20(16-22(30)33-27(4,5)6)24-23(19-11-12-19)25(34-29-24)26-28-17-21(32-26)15-18(2)3/h17-20H,7-16H2,1-6H3/t20-/m0/s1. The van der Waals surface area contributed by atoms with Gasteiger partial charge in [-0.25, -0.2) is 4.98 Å². The molecule has 0 saturated heterocycles. The highest BCUT2D eigenvalue weighted by Crippen LogP contribution is 2.48. The number of hydrogen-bond acceptors (Lipinski definition) is 7. The average molecular weight is 475 g/mol. The Balaban J connectivity index is 1.81. The lowest BCUT2D eigenvalue weighted by Crippen LogP contribution is -2.25. The molecule has 1 aliphatic carbocycles. The number of carbonyl (C=O) groups excluding carboxylic acids is 1. The molecule has 1 aliphatic rings. The molecule has 3 rings (SSSR count). The number of rotatable bonds is 14. The first-order valence-electron chi connectivity index (χ1n) is 12.9. The van der Waals surface area contributed by atoms with Gasteiger partial charge in [0.05, 0.1) is 18.3 Å². The molecule has 0 bridgehead atoms. The Morgan fingerprint density at radius 1 is 1.21 bits per heavy atom. The highest BCUT2D eigenvalue weighted by Gasteiger charge is 2.37. The molecule has 34 heavy (non-hydrogen) atoms. The van der Waals surface area contributed by atoms with Crippen molar-refractivity contribution in [2.75, 3.05) is 13.2 Å². The summed E-state index contributed by atoms with van der Waals surface area (Å²) >= 11 is 0. The van der Waals surface area contributed by atoms with E-state index < -0.39 is 5.60 Å². The van der Waals surface area contributed by atoms with Gasteiger partial charge in [0.25, 0.3) is 5.89 Å². The maximum atomic E-state index is 12.8. The molecule has 0 amide bonds. The van der Waals surface area contributed by atoms with Crippen LogP contribution in [0.15, 0.2) is 15.1 Å². The number of aromatic nitrogens is 2. The van der Waals surface area contributed by atoms with Crippen LogP contribution in [0.1, 0.15) is 115 Å². The first kappa shape index (κ1) is 26.5. The Hall–Kier alpha value is -2.15. The van der Waals surface area contributed by atoms with Crippen LogP contribution < -0.4 is 0 Å². The minimum Gasteiger partial charge on any atom is -0.460 e. The molecule has 0 spiro atoms. The molecule has 7 heteroatoms. The van der Waals surface area contributed by atoms with Crippen molar-refractivity contribution < 1.29 is 23.2 Å². The van der Waals surface area contributed by atoms with Crippen LogP contribution in [-0.4, -0.2) is 34.9 Å². The van der Waals surface area contributed by atoms with Crippen molar-refractivity contribution in [3.8, 4) is 11.7 Å². The van der Waals surface area contributed by atoms with E-state index in [1.807, 2.05) is 20.8 Å². The lowest BCUT2D eigenvalue weighted by atomic mass is 9.90. The number of ether oxygens (including phenoxy) is 2. The molecular weight excluding hydrogens is 432 g/mol. The van der Waals surface area contributed by atoms with Crippen molar-refractivity contribution in [2.45, 2.75) is 110 Å². The van der Waals surface area contributed by atoms with E-state index in [9.17, 15) is 4.79 Å². The van der Waals surface area contributed by atoms with Crippen LogP contribution in [-0.2, 0) is 20.7 Å². The minimum atomic E-state index is -0.524. The zero-order valence-corrected chi connectivity index (χ0v) is 21.8. The summed E-state index contributed by atoms with van der Waals surface area (Å²) in [6.45, 7) is 13.6. The molecule has 0 unspecified atom stereocenters. The van der Waals surface area contributed by atoms with E-state index in [2.05, 4.69) is 30.9 Å². The SMILES string of the molecule is CCCCOCCC[C@@H](CC(=O)OC(C)(C)C)c1noc(-c2ncc(CC(C)C)o2)c1C1CC1. The van der Waals surface area contributed by atoms with Crippen molar-refractivity contribution in [1.29, 1.82) is 0 Å². The van der Waals surface area contributed by atoms with E-state index in [4.69, 9.17) is 18.4 Å². The fourth-order valence-electron chi connectivity index (χ4n) is 4.13. The van der Waals surface area contributed by atoms with Gasteiger partial charge >= 0.3 is 5.97 Å². The van der Waals surface area contributed by atoms with Gasteiger partial charge in [-0.3, -0.25) is 4.79 Å². The summed E-state index contributed by atoms with van der Waals surface area (Å²) in [7, 11) is 0. The molecule has 7 nitrogen and oxygen atoms in total. The Kier molecular flexibility index (Phi) is 9.34. The second-order valence-corrected chi connectivity index (χ2v) is 10.9. The van der Waals surface area contributed by atoms with E-state index in [-0.39, 0.29) is 18.3 Å². The van der Waals surface area contributed by atoms with E-state index in [1.54, 1.807) is 6.20 Å². The molecular formula is C27H42N2O5. The predicted octanol–water partition coefficient (Wildman–Crippen LogP) is 6.82. The number of hydrogen-bond donors (Lipinski definition) is 0. The summed E-state index contributed by atoms with van der Waals surface area (Å²) in [6.07, 6.45) is 8.85. The van der Waals surface area contributed by atoms with Crippen molar-refractivity contribution >= 4 is 5.97 Å². The first-order chi connectivity index (χ1) is 16.2. The number of carbonyl (C=O) groups is 1. The van der Waals surface area contributed by atoms with Crippen LogP contribution in [0.5, 0.6) is 0 Å². The largest absolute Gasteiger partial charge is 0.460 e. The second kappa shape index (κ2) is 12.0. The Morgan fingerprint density at radius 2 is 1.94 bits per heavy atom. The summed E-state index contributed by atoms with van der Waals surface area (Å²) in [5, 5.41) is 4.48. The van der Waals surface area contributed by atoms with Crippen molar-refractivity contribution in [2.24, 2.45) is 5.92 Å². The summed E-state index contributed by atoms with van der Waals surface area (Å²) < 4.78 is 23.3. The van der Waals surface area contributed by atoms with Gasteiger partial charge in [-0.1, -0.05) is 32.3 Å². The summed E-state index contributed by atoms with van der Waals surface area (Å²) in [6, 6.07) is 0. The smallest absolute Gasteiger partial charge is 0.306 e. The first-order valence-corrected chi connectivity index (χ1v) is 12.9. The van der Waals surface area contributed by atoms with Gasteiger partial charge in [0, 0.05) is 31.1 Å². The molecule has 0 N–H and O–H groups in total. The molecule has 1 atom stereocenters. The zero-order valence-electron chi connectivity index (χ0n) is 21.8. The highest BCUT2D eigenvalue weighted by atomic mass is 16.6. The van der Waals surface area contributed by atoms with E-state index in [0.29, 0.717) is 30.1 Å². The lowest BCUT2D eigenvalue weighted by molar-refractivity contribution is -0.155. The Morgan fingerprint density at radius 3 is 2.59 bits per heavy atom. The lowest BCUT2D eigenvalue weighted by Gasteiger charge is -2.22. The predicted molar refractivity (Wildman–Crippen MR) is 131 cm³/mol. The van der Waals surface area contributed by atoms with Crippen LogP contribution in [0.3, 0.4) is 0 Å². The molecule has 2 aromatic rings.